The number of nitrogens with two attached hydrogens (primary N) is 1. The Bertz CT molecular complexity index is 560. The van der Waals surface area contributed by atoms with Crippen molar-refractivity contribution < 1.29 is 9.47 Å². The van der Waals surface area contributed by atoms with Crippen molar-refractivity contribution >= 4 is 21.9 Å². The van der Waals surface area contributed by atoms with E-state index in [4.69, 9.17) is 15.2 Å². The highest BCUT2D eigenvalue weighted by Gasteiger charge is 2.30. The zero-order valence-corrected chi connectivity index (χ0v) is 13.2. The SMILES string of the molecule is CC(C)CN1C(N)=NCC1c1cc(Br)c2c(c1)OCO2. The molecule has 1 aromatic carbocycles. The topological polar surface area (TPSA) is 60.1 Å². The molecule has 0 spiro atoms. The second-order valence-corrected chi connectivity index (χ2v) is 6.35. The van der Waals surface area contributed by atoms with Gasteiger partial charge in [0.05, 0.1) is 17.1 Å². The van der Waals surface area contributed by atoms with E-state index in [1.807, 2.05) is 6.07 Å². The molecule has 0 amide bonds. The molecule has 6 heteroatoms. The summed E-state index contributed by atoms with van der Waals surface area (Å²) in [4.78, 5) is 6.55. The number of halogens is 1. The van der Waals surface area contributed by atoms with E-state index in [1.165, 1.54) is 0 Å². The van der Waals surface area contributed by atoms with Crippen molar-refractivity contribution in [2.45, 2.75) is 19.9 Å². The molecule has 0 fully saturated rings. The Labute approximate surface area is 126 Å². The van der Waals surface area contributed by atoms with Crippen LogP contribution in [-0.2, 0) is 0 Å². The van der Waals surface area contributed by atoms with E-state index in [9.17, 15) is 0 Å². The summed E-state index contributed by atoms with van der Waals surface area (Å²) in [6, 6.07) is 4.27. The van der Waals surface area contributed by atoms with Gasteiger partial charge in [-0.25, -0.2) is 0 Å². The van der Waals surface area contributed by atoms with Crippen molar-refractivity contribution in [3.63, 3.8) is 0 Å². The second kappa shape index (κ2) is 5.16. The molecule has 2 heterocycles. The maximum Gasteiger partial charge on any atom is 0.231 e. The first kappa shape index (κ1) is 13.5. The number of nitrogens with zero attached hydrogens (tertiary/aromatic N) is 2. The standard InChI is InChI=1S/C14H18BrN3O2/c1-8(2)6-18-11(5-17-14(18)16)9-3-10(15)13-12(4-9)19-7-20-13/h3-4,8,11H,5-7H2,1-2H3,(H2,16,17). The zero-order valence-electron chi connectivity index (χ0n) is 11.6. The Morgan fingerprint density at radius 1 is 1.45 bits per heavy atom. The van der Waals surface area contributed by atoms with Crippen molar-refractivity contribution in [3.05, 3.63) is 22.2 Å². The minimum absolute atomic E-state index is 0.170. The lowest BCUT2D eigenvalue weighted by molar-refractivity contribution is 0.173. The monoisotopic (exact) mass is 339 g/mol. The molecule has 0 saturated carbocycles. The Morgan fingerprint density at radius 3 is 3.00 bits per heavy atom. The molecule has 0 bridgehead atoms. The van der Waals surface area contributed by atoms with E-state index in [0.29, 0.717) is 18.4 Å². The maximum absolute atomic E-state index is 6.01. The van der Waals surface area contributed by atoms with Crippen molar-refractivity contribution in [2.24, 2.45) is 16.6 Å². The van der Waals surface area contributed by atoms with Crippen LogP contribution < -0.4 is 15.2 Å². The van der Waals surface area contributed by atoms with Crippen LogP contribution in [-0.4, -0.2) is 30.7 Å². The van der Waals surface area contributed by atoms with Gasteiger partial charge in [0.2, 0.25) is 6.79 Å². The largest absolute Gasteiger partial charge is 0.454 e. The molecule has 0 saturated heterocycles. The van der Waals surface area contributed by atoms with Gasteiger partial charge in [-0.3, -0.25) is 4.99 Å². The molecule has 2 aliphatic rings. The highest BCUT2D eigenvalue weighted by molar-refractivity contribution is 9.10. The molecule has 1 unspecified atom stereocenters. The van der Waals surface area contributed by atoms with Gasteiger partial charge in [-0.15, -0.1) is 0 Å². The Balaban J connectivity index is 1.91. The number of rotatable bonds is 3. The molecule has 1 aromatic rings. The van der Waals surface area contributed by atoms with Gasteiger partial charge in [-0.1, -0.05) is 13.8 Å². The highest BCUT2D eigenvalue weighted by atomic mass is 79.9. The van der Waals surface area contributed by atoms with E-state index in [2.05, 4.69) is 45.7 Å². The summed E-state index contributed by atoms with van der Waals surface area (Å²) >= 11 is 3.54. The lowest BCUT2D eigenvalue weighted by Gasteiger charge is -2.28. The summed E-state index contributed by atoms with van der Waals surface area (Å²) in [6.45, 7) is 6.21. The van der Waals surface area contributed by atoms with Crippen LogP contribution in [0.5, 0.6) is 11.5 Å². The number of ether oxygens (including phenoxy) is 2. The first-order chi connectivity index (χ1) is 9.56. The fraction of sp³-hybridized carbons (Fsp3) is 0.500. The number of benzene rings is 1. The molecule has 2 aliphatic heterocycles. The fourth-order valence-electron chi connectivity index (χ4n) is 2.61. The van der Waals surface area contributed by atoms with E-state index in [-0.39, 0.29) is 12.8 Å². The number of hydrogen-bond acceptors (Lipinski definition) is 5. The zero-order chi connectivity index (χ0) is 14.3. The Morgan fingerprint density at radius 2 is 2.25 bits per heavy atom. The van der Waals surface area contributed by atoms with E-state index in [1.54, 1.807) is 0 Å². The number of fused-ring (bicyclic) bond motifs is 1. The summed E-state index contributed by atoms with van der Waals surface area (Å²) < 4.78 is 11.8. The quantitative estimate of drug-likeness (QED) is 0.919. The average molecular weight is 340 g/mol. The van der Waals surface area contributed by atoms with Gasteiger partial charge < -0.3 is 20.1 Å². The molecule has 2 N–H and O–H groups in total. The third kappa shape index (κ3) is 2.32. The van der Waals surface area contributed by atoms with Crippen molar-refractivity contribution in [1.82, 2.24) is 4.90 Å². The third-order valence-electron chi connectivity index (χ3n) is 3.49. The lowest BCUT2D eigenvalue weighted by atomic mass is 10.0. The fourth-order valence-corrected chi connectivity index (χ4v) is 3.18. The minimum Gasteiger partial charge on any atom is -0.454 e. The van der Waals surface area contributed by atoms with E-state index < -0.39 is 0 Å². The van der Waals surface area contributed by atoms with Crippen LogP contribution in [0.25, 0.3) is 0 Å². The van der Waals surface area contributed by atoms with Crippen molar-refractivity contribution in [2.75, 3.05) is 19.9 Å². The van der Waals surface area contributed by atoms with E-state index in [0.717, 1.165) is 28.1 Å². The van der Waals surface area contributed by atoms with Crippen LogP contribution in [0.2, 0.25) is 0 Å². The summed E-state index contributed by atoms with van der Waals surface area (Å²) in [7, 11) is 0. The molecule has 0 aromatic heterocycles. The number of aliphatic imine (C=N–C) groups is 1. The molecule has 0 aliphatic carbocycles. The molecule has 3 rings (SSSR count). The number of hydrogen-bond donors (Lipinski definition) is 1. The second-order valence-electron chi connectivity index (χ2n) is 5.50. The predicted octanol–water partition coefficient (Wildman–Crippen LogP) is 2.51. The minimum atomic E-state index is 0.170. The number of guanidine groups is 1. The van der Waals surface area contributed by atoms with Gasteiger partial charge in [0.1, 0.15) is 0 Å². The average Bonchev–Trinajstić information content (AvgIpc) is 2.97. The summed E-state index contributed by atoms with van der Waals surface area (Å²) in [6.07, 6.45) is 0. The summed E-state index contributed by atoms with van der Waals surface area (Å²) in [5, 5.41) is 0. The Hall–Kier alpha value is -1.43. The van der Waals surface area contributed by atoms with Gasteiger partial charge in [-0.2, -0.15) is 0 Å². The van der Waals surface area contributed by atoms with Crippen LogP contribution in [0.4, 0.5) is 0 Å². The molecule has 0 radical (unpaired) electrons. The van der Waals surface area contributed by atoms with Gasteiger partial charge in [0.25, 0.3) is 0 Å². The molecular weight excluding hydrogens is 322 g/mol. The molecule has 1 atom stereocenters. The van der Waals surface area contributed by atoms with Gasteiger partial charge in [0, 0.05) is 6.54 Å². The van der Waals surface area contributed by atoms with Crippen molar-refractivity contribution in [3.8, 4) is 11.5 Å². The third-order valence-corrected chi connectivity index (χ3v) is 4.08. The molecule has 108 valence electrons. The molecule has 5 nitrogen and oxygen atoms in total. The normalized spacial score (nSPS) is 20.7. The van der Waals surface area contributed by atoms with Crippen LogP contribution >= 0.6 is 15.9 Å². The van der Waals surface area contributed by atoms with Crippen LogP contribution in [0, 0.1) is 5.92 Å². The Kier molecular flexibility index (Phi) is 3.50. The highest BCUT2D eigenvalue weighted by Crippen LogP contribution is 2.42. The van der Waals surface area contributed by atoms with Gasteiger partial charge in [-0.05, 0) is 39.5 Å². The first-order valence-corrected chi connectivity index (χ1v) is 7.51. The molecular formula is C14H18BrN3O2. The van der Waals surface area contributed by atoms with Crippen molar-refractivity contribution in [1.29, 1.82) is 0 Å². The predicted molar refractivity (Wildman–Crippen MR) is 81.0 cm³/mol. The van der Waals surface area contributed by atoms with Crippen LogP contribution in [0.15, 0.2) is 21.6 Å². The van der Waals surface area contributed by atoms with Gasteiger partial charge >= 0.3 is 0 Å². The first-order valence-electron chi connectivity index (χ1n) is 6.72. The van der Waals surface area contributed by atoms with Crippen LogP contribution in [0.3, 0.4) is 0 Å². The summed E-state index contributed by atoms with van der Waals surface area (Å²) in [5.41, 5.74) is 7.16. The van der Waals surface area contributed by atoms with Crippen LogP contribution in [0.1, 0.15) is 25.5 Å². The summed E-state index contributed by atoms with van der Waals surface area (Å²) in [5.74, 6) is 2.71. The maximum atomic E-state index is 6.01. The lowest BCUT2D eigenvalue weighted by Crippen LogP contribution is -2.38. The smallest absolute Gasteiger partial charge is 0.231 e. The van der Waals surface area contributed by atoms with E-state index >= 15 is 0 Å². The van der Waals surface area contributed by atoms with Gasteiger partial charge in [0.15, 0.2) is 17.5 Å². The molecule has 20 heavy (non-hydrogen) atoms.